The van der Waals surface area contributed by atoms with E-state index in [2.05, 4.69) is 10.3 Å². The first-order chi connectivity index (χ1) is 19.7. The normalized spacial score (nSPS) is 49.2. The first-order valence-corrected chi connectivity index (χ1v) is 13.8. The Balaban J connectivity index is 1.59. The molecule has 4 fully saturated rings. The summed E-state index contributed by atoms with van der Waals surface area (Å²) in [5, 5.41) is 65.4. The highest BCUT2D eigenvalue weighted by atomic mass is 16.7. The number of carbonyl (C=O) groups is 1. The quantitative estimate of drug-likeness (QED) is 0.0853. The average molecular weight is 609 g/mol. The molecule has 42 heavy (non-hydrogen) atoms. The van der Waals surface area contributed by atoms with E-state index in [1.54, 1.807) is 0 Å². The fourth-order valence-electron chi connectivity index (χ4n) is 5.61. The summed E-state index contributed by atoms with van der Waals surface area (Å²) in [6.07, 6.45) is -13.2. The molecular formula is C23H44N8O11. The van der Waals surface area contributed by atoms with E-state index in [0.717, 1.165) is 0 Å². The van der Waals surface area contributed by atoms with Crippen molar-refractivity contribution in [3.63, 3.8) is 0 Å². The van der Waals surface area contributed by atoms with Crippen LogP contribution >= 0.6 is 0 Å². The summed E-state index contributed by atoms with van der Waals surface area (Å²) in [4.78, 5) is 16.9. The van der Waals surface area contributed by atoms with Gasteiger partial charge < -0.3 is 89.3 Å². The lowest BCUT2D eigenvalue weighted by Gasteiger charge is -2.48. The lowest BCUT2D eigenvalue weighted by molar-refractivity contribution is -0.315. The van der Waals surface area contributed by atoms with E-state index in [1.165, 1.54) is 0 Å². The highest BCUT2D eigenvalue weighted by Crippen LogP contribution is 2.36. The molecule has 4 aliphatic rings. The average Bonchev–Trinajstić information content (AvgIpc) is 3.56. The zero-order valence-electron chi connectivity index (χ0n) is 22.8. The molecule has 0 spiro atoms. The van der Waals surface area contributed by atoms with Gasteiger partial charge in [0.1, 0.15) is 42.7 Å². The number of rotatable bonds is 9. The summed E-state index contributed by atoms with van der Waals surface area (Å²) in [5.41, 5.74) is 33.0. The molecule has 2 aliphatic heterocycles. The summed E-state index contributed by atoms with van der Waals surface area (Å²) in [6, 6.07) is -5.01. The Morgan fingerprint density at radius 3 is 2.14 bits per heavy atom. The van der Waals surface area contributed by atoms with Gasteiger partial charge in [-0.3, -0.25) is 4.79 Å². The molecule has 4 rings (SSSR count). The van der Waals surface area contributed by atoms with Gasteiger partial charge in [-0.05, 0) is 6.42 Å². The van der Waals surface area contributed by atoms with E-state index in [-0.39, 0.29) is 31.8 Å². The fraction of sp³-hybridized carbons (Fsp3) is 0.913. The van der Waals surface area contributed by atoms with Crippen molar-refractivity contribution >= 4 is 11.9 Å². The zero-order chi connectivity index (χ0) is 31.1. The van der Waals surface area contributed by atoms with E-state index >= 15 is 0 Å². The van der Waals surface area contributed by atoms with E-state index in [4.69, 9.17) is 53.3 Å². The number of ether oxygens (including phenoxy) is 4. The smallest absolute Gasteiger partial charge is 0.253 e. The van der Waals surface area contributed by atoms with Gasteiger partial charge in [-0.15, -0.1) is 0 Å². The molecule has 0 aromatic heterocycles. The lowest BCUT2D eigenvalue weighted by atomic mass is 9.83. The topological polar surface area (TPSA) is 356 Å². The minimum absolute atomic E-state index is 0.0187. The third kappa shape index (κ3) is 6.64. The Bertz CT molecular complexity index is 979. The standard InChI is InChI=1S/C23H44N8O11/c24-4-10-9(33)2-8(31-22(28)29)19(39-10)41-17-6(25)1-7(30-21(37)23(38)3-12(23)26)18(16(17)36)42-20-15(35)13(27)14(34)11(5-32)40-20/h6-20,32-36,38H,1-5,24-27H2,(H,30,37)(H4,28,29,31)/t6-,7+,8+,9-,10+,11+,12?,13-,14+,15+,16-,17+,18-,19+,20+,23?/m0/s1. The fourth-order valence-corrected chi connectivity index (χ4v) is 5.61. The second-order valence-electron chi connectivity index (χ2n) is 11.4. The van der Waals surface area contributed by atoms with E-state index in [1.807, 2.05) is 0 Å². The van der Waals surface area contributed by atoms with Crippen LogP contribution in [0.5, 0.6) is 0 Å². The van der Waals surface area contributed by atoms with E-state index < -0.39 is 110 Å². The number of nitrogens with one attached hydrogen (secondary N) is 1. The number of nitrogens with zero attached hydrogens (tertiary/aromatic N) is 1. The number of carbonyl (C=O) groups excluding carboxylic acids is 1. The molecule has 2 saturated heterocycles. The first kappa shape index (κ1) is 33.1. The Kier molecular flexibility index (Phi) is 10.3. The first-order valence-electron chi connectivity index (χ1n) is 13.8. The summed E-state index contributed by atoms with van der Waals surface area (Å²) in [6.45, 7) is -0.718. The molecule has 0 radical (unpaired) electrons. The monoisotopic (exact) mass is 608 g/mol. The number of hydrogen-bond acceptors (Lipinski definition) is 16. The van der Waals surface area contributed by atoms with Crippen LogP contribution in [0, 0.1) is 0 Å². The number of hydrogen-bond donors (Lipinski definition) is 13. The Morgan fingerprint density at radius 1 is 0.952 bits per heavy atom. The van der Waals surface area contributed by atoms with Crippen LogP contribution in [0.2, 0.25) is 0 Å². The Labute approximate surface area is 241 Å². The third-order valence-corrected chi connectivity index (χ3v) is 8.31. The van der Waals surface area contributed by atoms with Gasteiger partial charge in [0, 0.05) is 31.5 Å². The van der Waals surface area contributed by atoms with Crippen LogP contribution in [0.1, 0.15) is 19.3 Å². The van der Waals surface area contributed by atoms with Gasteiger partial charge >= 0.3 is 0 Å². The van der Waals surface area contributed by atoms with Crippen molar-refractivity contribution in [1.29, 1.82) is 0 Å². The maximum atomic E-state index is 12.8. The molecule has 16 atom stereocenters. The Morgan fingerprint density at radius 2 is 1.57 bits per heavy atom. The largest absolute Gasteiger partial charge is 0.394 e. The van der Waals surface area contributed by atoms with Crippen molar-refractivity contribution in [2.24, 2.45) is 39.4 Å². The predicted molar refractivity (Wildman–Crippen MR) is 141 cm³/mol. The molecule has 1 amide bonds. The van der Waals surface area contributed by atoms with Crippen molar-refractivity contribution in [3.05, 3.63) is 0 Å². The predicted octanol–water partition coefficient (Wildman–Crippen LogP) is -8.36. The molecular weight excluding hydrogens is 564 g/mol. The number of aliphatic imine (C=N–C) groups is 1. The summed E-state index contributed by atoms with van der Waals surface area (Å²) >= 11 is 0. The number of guanidine groups is 1. The summed E-state index contributed by atoms with van der Waals surface area (Å²) in [5.74, 6) is -1.12. The second kappa shape index (κ2) is 13.0. The van der Waals surface area contributed by atoms with Crippen molar-refractivity contribution < 1.29 is 54.4 Å². The van der Waals surface area contributed by atoms with Crippen molar-refractivity contribution in [1.82, 2.24) is 5.32 Å². The highest BCUT2D eigenvalue weighted by Gasteiger charge is 2.59. The molecule has 0 bridgehead atoms. The van der Waals surface area contributed by atoms with Crippen LogP contribution < -0.4 is 39.7 Å². The SMILES string of the molecule is NC[C@H]1O[C@H](O[C@H]2[C@H](O)[C@@H](O[C@H]3O[C@H](CO)[C@@H](O)[C@H](N)[C@H]3O)[C@H](NC(=O)C3(O)CC3N)C[C@@H]2N)[C@H](N=C(N)N)C[C@@H]1O. The van der Waals surface area contributed by atoms with Crippen LogP contribution in [0.3, 0.4) is 0 Å². The van der Waals surface area contributed by atoms with Gasteiger partial charge in [0.05, 0.1) is 30.9 Å². The molecule has 2 heterocycles. The molecule has 19 heteroatoms. The molecule has 0 aromatic rings. The molecule has 2 saturated carbocycles. The lowest BCUT2D eigenvalue weighted by Crippen LogP contribution is -2.69. The van der Waals surface area contributed by atoms with Gasteiger partial charge in [-0.1, -0.05) is 0 Å². The van der Waals surface area contributed by atoms with Gasteiger partial charge in [0.15, 0.2) is 24.1 Å². The molecule has 2 unspecified atom stereocenters. The number of amides is 1. The molecule has 19 N–H and O–H groups in total. The maximum absolute atomic E-state index is 12.8. The van der Waals surface area contributed by atoms with Crippen molar-refractivity contribution in [2.45, 2.75) is 116 Å². The van der Waals surface area contributed by atoms with Gasteiger partial charge in [0.2, 0.25) is 0 Å². The van der Waals surface area contributed by atoms with Crippen LogP contribution in [-0.2, 0) is 23.7 Å². The van der Waals surface area contributed by atoms with Crippen LogP contribution in [0.25, 0.3) is 0 Å². The summed E-state index contributed by atoms with van der Waals surface area (Å²) < 4.78 is 23.3. The van der Waals surface area contributed by atoms with Crippen LogP contribution in [0.4, 0.5) is 0 Å². The van der Waals surface area contributed by atoms with E-state index in [0.29, 0.717) is 0 Å². The van der Waals surface area contributed by atoms with E-state index in [9.17, 15) is 35.4 Å². The molecule has 19 nitrogen and oxygen atoms in total. The minimum Gasteiger partial charge on any atom is -0.394 e. The molecule has 242 valence electrons. The number of aliphatic hydroxyl groups excluding tert-OH is 5. The second-order valence-corrected chi connectivity index (χ2v) is 11.4. The van der Waals surface area contributed by atoms with Crippen molar-refractivity contribution in [2.75, 3.05) is 13.2 Å². The summed E-state index contributed by atoms with van der Waals surface area (Å²) in [7, 11) is 0. The van der Waals surface area contributed by atoms with Crippen LogP contribution in [0.15, 0.2) is 4.99 Å². The molecule has 2 aliphatic carbocycles. The zero-order valence-corrected chi connectivity index (χ0v) is 22.8. The number of aliphatic hydroxyl groups is 6. The van der Waals surface area contributed by atoms with Crippen LogP contribution in [-0.4, -0.2) is 153 Å². The minimum atomic E-state index is -1.82. The Hall–Kier alpha value is -1.82. The van der Waals surface area contributed by atoms with Gasteiger partial charge in [0.25, 0.3) is 5.91 Å². The number of nitrogens with two attached hydrogens (primary N) is 6. The third-order valence-electron chi connectivity index (χ3n) is 8.31. The molecule has 0 aromatic carbocycles. The van der Waals surface area contributed by atoms with Gasteiger partial charge in [-0.2, -0.15) is 0 Å². The van der Waals surface area contributed by atoms with Crippen molar-refractivity contribution in [3.8, 4) is 0 Å². The van der Waals surface area contributed by atoms with Gasteiger partial charge in [-0.25, -0.2) is 4.99 Å². The highest BCUT2D eigenvalue weighted by molar-refractivity contribution is 5.89. The maximum Gasteiger partial charge on any atom is 0.253 e.